The van der Waals surface area contributed by atoms with Gasteiger partial charge in [-0.1, -0.05) is 0 Å². The Morgan fingerprint density at radius 3 is 2.90 bits per heavy atom. The molecule has 1 N–H and O–H groups in total. The van der Waals surface area contributed by atoms with Gasteiger partial charge in [-0.3, -0.25) is 0 Å². The van der Waals surface area contributed by atoms with Crippen molar-refractivity contribution in [1.29, 1.82) is 0 Å². The second-order valence-corrected chi connectivity index (χ2v) is 5.75. The van der Waals surface area contributed by atoms with Crippen LogP contribution in [0.5, 0.6) is 0 Å². The number of carboxylic acids is 1. The summed E-state index contributed by atoms with van der Waals surface area (Å²) < 4.78 is 15.5. The second kappa shape index (κ2) is 4.70. The highest BCUT2D eigenvalue weighted by molar-refractivity contribution is 9.10. The van der Waals surface area contributed by atoms with Gasteiger partial charge in [-0.25, -0.2) is 13.9 Å². The lowest BCUT2D eigenvalue weighted by molar-refractivity contribution is 0.0689. The molecule has 0 bridgehead atoms. The molecule has 0 fully saturated rings. The van der Waals surface area contributed by atoms with Crippen LogP contribution in [0.4, 0.5) is 4.39 Å². The molecule has 0 atom stereocenters. The van der Waals surface area contributed by atoms with Crippen LogP contribution in [0.1, 0.15) is 33.7 Å². The lowest BCUT2D eigenvalue weighted by Crippen LogP contribution is -2.06. The number of aryl methyl sites for hydroxylation is 1. The van der Waals surface area contributed by atoms with Gasteiger partial charge in [0.1, 0.15) is 5.82 Å². The minimum absolute atomic E-state index is 0.109. The molecule has 3 rings (SSSR count). The summed E-state index contributed by atoms with van der Waals surface area (Å²) in [6.07, 6.45) is 2.46. The molecular formula is C14H12BrFN2O2. The molecule has 1 aliphatic rings. The summed E-state index contributed by atoms with van der Waals surface area (Å²) in [7, 11) is 0. The molecule has 0 saturated heterocycles. The number of hydrogen-bond acceptors (Lipinski definition) is 2. The fourth-order valence-electron chi connectivity index (χ4n) is 2.67. The average Bonchev–Trinajstić information content (AvgIpc) is 2.95. The highest BCUT2D eigenvalue weighted by atomic mass is 79.9. The highest BCUT2D eigenvalue weighted by Gasteiger charge is 2.27. The van der Waals surface area contributed by atoms with Gasteiger partial charge in [0, 0.05) is 11.3 Å². The first-order chi connectivity index (χ1) is 9.49. The van der Waals surface area contributed by atoms with E-state index in [1.54, 1.807) is 17.7 Å². The number of carboxylic acid groups (broad SMARTS) is 1. The number of aromatic carboxylic acids is 1. The van der Waals surface area contributed by atoms with E-state index in [-0.39, 0.29) is 11.5 Å². The fourth-order valence-corrected chi connectivity index (χ4v) is 3.00. The molecule has 1 aliphatic carbocycles. The van der Waals surface area contributed by atoms with Gasteiger partial charge < -0.3 is 5.11 Å². The quantitative estimate of drug-likeness (QED) is 0.914. The van der Waals surface area contributed by atoms with Gasteiger partial charge in [0.2, 0.25) is 0 Å². The zero-order chi connectivity index (χ0) is 14.4. The van der Waals surface area contributed by atoms with Crippen molar-refractivity contribution in [3.63, 3.8) is 0 Å². The molecule has 0 aliphatic heterocycles. The molecule has 0 amide bonds. The molecule has 6 heteroatoms. The molecular weight excluding hydrogens is 327 g/mol. The smallest absolute Gasteiger partial charge is 0.356 e. The SMILES string of the molecule is Cc1cc(F)c(Br)cc1-n1nc(C(=O)O)c2c1CCC2. The summed E-state index contributed by atoms with van der Waals surface area (Å²) in [4.78, 5) is 11.3. The van der Waals surface area contributed by atoms with E-state index in [4.69, 9.17) is 0 Å². The van der Waals surface area contributed by atoms with Gasteiger partial charge in [-0.05, 0) is 59.8 Å². The van der Waals surface area contributed by atoms with E-state index in [2.05, 4.69) is 21.0 Å². The third-order valence-electron chi connectivity index (χ3n) is 3.60. The van der Waals surface area contributed by atoms with Crippen molar-refractivity contribution in [3.8, 4) is 5.69 Å². The highest BCUT2D eigenvalue weighted by Crippen LogP contribution is 2.30. The zero-order valence-electron chi connectivity index (χ0n) is 10.8. The Labute approximate surface area is 123 Å². The standard InChI is InChI=1S/C14H12BrFN2O2/c1-7-5-10(16)9(15)6-12(7)18-11-4-2-3-8(11)13(17-18)14(19)20/h5-6H,2-4H2,1H3,(H,19,20). The Morgan fingerprint density at radius 2 is 2.20 bits per heavy atom. The molecule has 2 aromatic rings. The van der Waals surface area contributed by atoms with Crippen LogP contribution in [-0.2, 0) is 12.8 Å². The Bertz CT molecular complexity index is 724. The number of benzene rings is 1. The minimum Gasteiger partial charge on any atom is -0.476 e. The van der Waals surface area contributed by atoms with Crippen LogP contribution in [0.25, 0.3) is 5.69 Å². The van der Waals surface area contributed by atoms with Gasteiger partial charge in [-0.15, -0.1) is 0 Å². The van der Waals surface area contributed by atoms with Crippen LogP contribution in [-0.4, -0.2) is 20.9 Å². The lowest BCUT2D eigenvalue weighted by Gasteiger charge is -2.10. The Hall–Kier alpha value is -1.69. The molecule has 0 spiro atoms. The maximum absolute atomic E-state index is 13.5. The minimum atomic E-state index is -1.01. The molecule has 0 saturated carbocycles. The third-order valence-corrected chi connectivity index (χ3v) is 4.21. The largest absolute Gasteiger partial charge is 0.476 e. The predicted molar refractivity (Wildman–Crippen MR) is 74.9 cm³/mol. The summed E-state index contributed by atoms with van der Waals surface area (Å²) in [6, 6.07) is 3.06. The molecule has 1 aromatic heterocycles. The number of aromatic nitrogens is 2. The monoisotopic (exact) mass is 338 g/mol. The summed E-state index contributed by atoms with van der Waals surface area (Å²) in [5, 5.41) is 13.4. The van der Waals surface area contributed by atoms with Crippen molar-refractivity contribution in [2.75, 3.05) is 0 Å². The van der Waals surface area contributed by atoms with E-state index in [0.717, 1.165) is 36.1 Å². The summed E-state index contributed by atoms with van der Waals surface area (Å²) >= 11 is 3.16. The van der Waals surface area contributed by atoms with Gasteiger partial charge in [0.15, 0.2) is 5.69 Å². The molecule has 0 unspecified atom stereocenters. The number of halogens is 2. The number of hydrogen-bond donors (Lipinski definition) is 1. The molecule has 104 valence electrons. The maximum atomic E-state index is 13.5. The van der Waals surface area contributed by atoms with Gasteiger partial charge >= 0.3 is 5.97 Å². The second-order valence-electron chi connectivity index (χ2n) is 4.90. The Kier molecular flexibility index (Phi) is 3.12. The van der Waals surface area contributed by atoms with Gasteiger partial charge in [0.25, 0.3) is 0 Å². The molecule has 0 radical (unpaired) electrons. The average molecular weight is 339 g/mol. The Balaban J connectivity index is 2.23. The zero-order valence-corrected chi connectivity index (χ0v) is 12.4. The van der Waals surface area contributed by atoms with Crippen LogP contribution >= 0.6 is 15.9 Å². The maximum Gasteiger partial charge on any atom is 0.356 e. The van der Waals surface area contributed by atoms with Crippen LogP contribution < -0.4 is 0 Å². The lowest BCUT2D eigenvalue weighted by atomic mass is 10.2. The van der Waals surface area contributed by atoms with Crippen LogP contribution in [0.2, 0.25) is 0 Å². The van der Waals surface area contributed by atoms with Crippen LogP contribution in [0, 0.1) is 12.7 Å². The summed E-state index contributed by atoms with van der Waals surface area (Å²) in [5.74, 6) is -1.35. The van der Waals surface area contributed by atoms with E-state index >= 15 is 0 Å². The normalized spacial score (nSPS) is 13.6. The summed E-state index contributed by atoms with van der Waals surface area (Å²) in [6.45, 7) is 1.79. The number of carbonyl (C=O) groups is 1. The predicted octanol–water partition coefficient (Wildman–Crippen LogP) is 3.27. The van der Waals surface area contributed by atoms with Crippen molar-refractivity contribution in [1.82, 2.24) is 9.78 Å². The first-order valence-corrected chi connectivity index (χ1v) is 7.08. The third kappa shape index (κ3) is 1.95. The van der Waals surface area contributed by atoms with Crippen molar-refractivity contribution in [2.24, 2.45) is 0 Å². The first kappa shape index (κ1) is 13.3. The Morgan fingerprint density at radius 1 is 1.45 bits per heavy atom. The van der Waals surface area contributed by atoms with Gasteiger partial charge in [-0.2, -0.15) is 5.10 Å². The van der Waals surface area contributed by atoms with Crippen molar-refractivity contribution < 1.29 is 14.3 Å². The number of rotatable bonds is 2. The molecule has 1 heterocycles. The van der Waals surface area contributed by atoms with E-state index in [1.165, 1.54) is 6.07 Å². The van der Waals surface area contributed by atoms with E-state index in [1.807, 2.05) is 0 Å². The van der Waals surface area contributed by atoms with E-state index in [9.17, 15) is 14.3 Å². The molecule has 4 nitrogen and oxygen atoms in total. The number of fused-ring (bicyclic) bond motifs is 1. The van der Waals surface area contributed by atoms with E-state index in [0.29, 0.717) is 10.2 Å². The number of nitrogens with zero attached hydrogens (tertiary/aromatic N) is 2. The van der Waals surface area contributed by atoms with Gasteiger partial charge in [0.05, 0.1) is 10.2 Å². The molecule has 20 heavy (non-hydrogen) atoms. The van der Waals surface area contributed by atoms with Crippen molar-refractivity contribution >= 4 is 21.9 Å². The fraction of sp³-hybridized carbons (Fsp3) is 0.286. The van der Waals surface area contributed by atoms with Crippen LogP contribution in [0.15, 0.2) is 16.6 Å². The van der Waals surface area contributed by atoms with Crippen LogP contribution in [0.3, 0.4) is 0 Å². The topological polar surface area (TPSA) is 55.1 Å². The molecule has 1 aromatic carbocycles. The van der Waals surface area contributed by atoms with Crippen molar-refractivity contribution in [3.05, 3.63) is 44.9 Å². The first-order valence-electron chi connectivity index (χ1n) is 6.29. The summed E-state index contributed by atoms with van der Waals surface area (Å²) in [5.41, 5.74) is 3.27. The van der Waals surface area contributed by atoms with E-state index < -0.39 is 5.97 Å². The van der Waals surface area contributed by atoms with Crippen molar-refractivity contribution in [2.45, 2.75) is 26.2 Å².